The van der Waals surface area contributed by atoms with Crippen molar-refractivity contribution in [2.24, 2.45) is 5.41 Å². The average Bonchev–Trinajstić information content (AvgIpc) is 2.14. The van der Waals surface area contributed by atoms with Crippen LogP contribution in [0.4, 0.5) is 5.82 Å². The number of nitrogens with zero attached hydrogens (tertiary/aromatic N) is 1. The van der Waals surface area contributed by atoms with Gasteiger partial charge in [0.25, 0.3) is 0 Å². The van der Waals surface area contributed by atoms with E-state index in [1.54, 1.807) is 6.20 Å². The van der Waals surface area contributed by atoms with E-state index in [0.717, 1.165) is 12.4 Å². The highest BCUT2D eigenvalue weighted by atomic mass is 35.5. The zero-order valence-corrected chi connectivity index (χ0v) is 9.14. The largest absolute Gasteiger partial charge is 0.368 e. The zero-order valence-electron chi connectivity index (χ0n) is 8.39. The van der Waals surface area contributed by atoms with Crippen LogP contribution < -0.4 is 5.32 Å². The van der Waals surface area contributed by atoms with Crippen LogP contribution in [0, 0.1) is 5.41 Å². The van der Waals surface area contributed by atoms with Crippen molar-refractivity contribution in [3.63, 3.8) is 0 Å². The molecule has 1 aromatic heterocycles. The fourth-order valence-electron chi connectivity index (χ4n) is 1.77. The van der Waals surface area contributed by atoms with Gasteiger partial charge in [-0.3, -0.25) is 0 Å². The summed E-state index contributed by atoms with van der Waals surface area (Å²) >= 11 is 5.99. The molecule has 0 aromatic carbocycles. The predicted octanol–water partition coefficient (Wildman–Crippen LogP) is 3.34. The first-order valence-electron chi connectivity index (χ1n) is 5.04. The van der Waals surface area contributed by atoms with E-state index >= 15 is 0 Å². The summed E-state index contributed by atoms with van der Waals surface area (Å²) < 4.78 is 0. The maximum Gasteiger partial charge on any atom is 0.144 e. The summed E-state index contributed by atoms with van der Waals surface area (Å²) in [6.45, 7) is 3.28. The second kappa shape index (κ2) is 3.77. The Morgan fingerprint density at radius 1 is 1.57 bits per heavy atom. The Balaban J connectivity index is 1.95. The van der Waals surface area contributed by atoms with Crippen molar-refractivity contribution in [2.75, 3.05) is 11.9 Å². The summed E-state index contributed by atoms with van der Waals surface area (Å²) in [4.78, 5) is 4.20. The first-order valence-corrected chi connectivity index (χ1v) is 5.42. The second-order valence-corrected chi connectivity index (χ2v) is 4.76. The molecule has 76 valence electrons. The lowest BCUT2D eigenvalue weighted by Crippen LogP contribution is -2.33. The Morgan fingerprint density at radius 2 is 2.36 bits per heavy atom. The van der Waals surface area contributed by atoms with Gasteiger partial charge in [0.05, 0.1) is 5.02 Å². The third kappa shape index (κ3) is 2.01. The van der Waals surface area contributed by atoms with Gasteiger partial charge in [0.15, 0.2) is 0 Å². The van der Waals surface area contributed by atoms with E-state index in [1.165, 1.54) is 19.3 Å². The quantitative estimate of drug-likeness (QED) is 0.828. The predicted molar refractivity (Wildman–Crippen MR) is 59.7 cm³/mol. The Hall–Kier alpha value is -0.760. The van der Waals surface area contributed by atoms with Crippen molar-refractivity contribution < 1.29 is 0 Å². The van der Waals surface area contributed by atoms with Gasteiger partial charge < -0.3 is 5.32 Å². The van der Waals surface area contributed by atoms with E-state index in [-0.39, 0.29) is 0 Å². The van der Waals surface area contributed by atoms with Crippen LogP contribution in [0.2, 0.25) is 5.02 Å². The van der Waals surface area contributed by atoms with E-state index < -0.39 is 0 Å². The molecule has 1 fully saturated rings. The van der Waals surface area contributed by atoms with Gasteiger partial charge in [-0.15, -0.1) is 0 Å². The lowest BCUT2D eigenvalue weighted by Gasteiger charge is -2.38. The molecule has 0 spiro atoms. The van der Waals surface area contributed by atoms with Crippen LogP contribution in [0.25, 0.3) is 0 Å². The summed E-state index contributed by atoms with van der Waals surface area (Å²) in [6.07, 6.45) is 5.74. The second-order valence-electron chi connectivity index (χ2n) is 4.35. The number of nitrogens with one attached hydrogen (secondary N) is 1. The number of aromatic nitrogens is 1. The molecule has 0 unspecified atom stereocenters. The average molecular weight is 211 g/mol. The van der Waals surface area contributed by atoms with Crippen LogP contribution in [0.15, 0.2) is 18.3 Å². The highest BCUT2D eigenvalue weighted by Crippen LogP contribution is 2.40. The topological polar surface area (TPSA) is 24.9 Å². The van der Waals surface area contributed by atoms with E-state index in [4.69, 9.17) is 11.6 Å². The minimum Gasteiger partial charge on any atom is -0.368 e. The summed E-state index contributed by atoms with van der Waals surface area (Å²) in [7, 11) is 0. The number of hydrogen-bond donors (Lipinski definition) is 1. The molecule has 14 heavy (non-hydrogen) atoms. The standard InChI is InChI=1S/C11H15ClN2/c1-11(5-3-6-11)8-14-10-9(12)4-2-7-13-10/h2,4,7H,3,5-6,8H2,1H3,(H,13,14). The molecule has 1 aliphatic rings. The third-order valence-electron chi connectivity index (χ3n) is 3.00. The minimum atomic E-state index is 0.459. The monoisotopic (exact) mass is 210 g/mol. The summed E-state index contributed by atoms with van der Waals surface area (Å²) in [5.41, 5.74) is 0.459. The molecule has 2 nitrogen and oxygen atoms in total. The molecule has 0 radical (unpaired) electrons. The fraction of sp³-hybridized carbons (Fsp3) is 0.545. The summed E-state index contributed by atoms with van der Waals surface area (Å²) in [6, 6.07) is 3.71. The first-order chi connectivity index (χ1) is 6.70. The number of anilines is 1. The van der Waals surface area contributed by atoms with Crippen molar-refractivity contribution in [1.29, 1.82) is 0 Å². The Kier molecular flexibility index (Phi) is 2.64. The smallest absolute Gasteiger partial charge is 0.144 e. The van der Waals surface area contributed by atoms with Gasteiger partial charge in [-0.2, -0.15) is 0 Å². The molecule has 0 atom stereocenters. The van der Waals surface area contributed by atoms with E-state index in [9.17, 15) is 0 Å². The van der Waals surface area contributed by atoms with Gasteiger partial charge in [0.2, 0.25) is 0 Å². The number of pyridine rings is 1. The number of hydrogen-bond acceptors (Lipinski definition) is 2. The Morgan fingerprint density at radius 3 is 2.93 bits per heavy atom. The van der Waals surface area contributed by atoms with Crippen molar-refractivity contribution >= 4 is 17.4 Å². The number of halogens is 1. The van der Waals surface area contributed by atoms with Crippen LogP contribution in [0.1, 0.15) is 26.2 Å². The molecule has 1 heterocycles. The molecule has 1 aromatic rings. The maximum atomic E-state index is 5.99. The van der Waals surface area contributed by atoms with Crippen molar-refractivity contribution in [1.82, 2.24) is 4.98 Å². The fourth-order valence-corrected chi connectivity index (χ4v) is 1.96. The molecule has 1 aliphatic carbocycles. The molecule has 3 heteroatoms. The molecule has 2 rings (SSSR count). The minimum absolute atomic E-state index is 0.459. The van der Waals surface area contributed by atoms with Crippen LogP contribution in [-0.2, 0) is 0 Å². The molecule has 0 aliphatic heterocycles. The van der Waals surface area contributed by atoms with Gasteiger partial charge in [-0.05, 0) is 30.4 Å². The SMILES string of the molecule is CC1(CNc2ncccc2Cl)CCC1. The Labute approximate surface area is 89.7 Å². The maximum absolute atomic E-state index is 5.99. The molecule has 0 saturated heterocycles. The van der Waals surface area contributed by atoms with Gasteiger partial charge in [0.1, 0.15) is 5.82 Å². The van der Waals surface area contributed by atoms with Crippen LogP contribution >= 0.6 is 11.6 Å². The van der Waals surface area contributed by atoms with E-state index in [2.05, 4.69) is 17.2 Å². The van der Waals surface area contributed by atoms with Crippen molar-refractivity contribution in [3.8, 4) is 0 Å². The van der Waals surface area contributed by atoms with Gasteiger partial charge >= 0.3 is 0 Å². The highest BCUT2D eigenvalue weighted by Gasteiger charge is 2.31. The molecular weight excluding hydrogens is 196 g/mol. The molecule has 1 N–H and O–H groups in total. The summed E-state index contributed by atoms with van der Waals surface area (Å²) in [5.74, 6) is 0.808. The zero-order chi connectivity index (χ0) is 10.0. The van der Waals surface area contributed by atoms with Gasteiger partial charge in [0, 0.05) is 12.7 Å². The molecule has 0 bridgehead atoms. The van der Waals surface area contributed by atoms with Crippen LogP contribution in [0.3, 0.4) is 0 Å². The summed E-state index contributed by atoms with van der Waals surface area (Å²) in [5, 5.41) is 4.02. The molecule has 0 amide bonds. The van der Waals surface area contributed by atoms with Crippen molar-refractivity contribution in [3.05, 3.63) is 23.4 Å². The number of rotatable bonds is 3. The molecule has 1 saturated carbocycles. The molecular formula is C11H15ClN2. The Bertz CT molecular complexity index is 321. The van der Waals surface area contributed by atoms with Crippen molar-refractivity contribution in [2.45, 2.75) is 26.2 Å². The van der Waals surface area contributed by atoms with Gasteiger partial charge in [-0.1, -0.05) is 24.9 Å². The lowest BCUT2D eigenvalue weighted by atomic mass is 9.70. The first kappa shape index (κ1) is 9.78. The van der Waals surface area contributed by atoms with Crippen LogP contribution in [0.5, 0.6) is 0 Å². The highest BCUT2D eigenvalue weighted by molar-refractivity contribution is 6.32. The third-order valence-corrected chi connectivity index (χ3v) is 3.31. The van der Waals surface area contributed by atoms with Crippen LogP contribution in [-0.4, -0.2) is 11.5 Å². The normalized spacial score (nSPS) is 18.7. The van der Waals surface area contributed by atoms with Gasteiger partial charge in [-0.25, -0.2) is 4.98 Å². The van der Waals surface area contributed by atoms with E-state index in [1.807, 2.05) is 12.1 Å². The van der Waals surface area contributed by atoms with E-state index in [0.29, 0.717) is 10.4 Å². The lowest BCUT2D eigenvalue weighted by molar-refractivity contribution is 0.180.